The number of benzene rings is 2. The first-order chi connectivity index (χ1) is 12.0. The highest BCUT2D eigenvalue weighted by atomic mass is 16.6. The molecule has 25 heavy (non-hydrogen) atoms. The molecule has 1 aromatic heterocycles. The van der Waals surface area contributed by atoms with Crippen molar-refractivity contribution in [1.29, 1.82) is 0 Å². The summed E-state index contributed by atoms with van der Waals surface area (Å²) in [5.41, 5.74) is 1.26. The molecule has 0 atom stereocenters. The molecule has 0 fully saturated rings. The number of carbonyl (C=O) groups excluding carboxylic acids is 2. The van der Waals surface area contributed by atoms with Gasteiger partial charge in [0.25, 0.3) is 11.6 Å². The van der Waals surface area contributed by atoms with Crippen molar-refractivity contribution < 1.29 is 14.5 Å². The quantitative estimate of drug-likeness (QED) is 0.435. The molecule has 8 nitrogen and oxygen atoms in total. The SMILES string of the molecule is Cn1nc(C(=O)CNC(=O)c2ccc([N+](=O)[O-])cc2)c2ccccc21. The van der Waals surface area contributed by atoms with E-state index in [0.29, 0.717) is 5.69 Å². The second-order valence-corrected chi connectivity index (χ2v) is 5.40. The van der Waals surface area contributed by atoms with Crippen molar-refractivity contribution in [2.24, 2.45) is 7.05 Å². The van der Waals surface area contributed by atoms with Crippen LogP contribution < -0.4 is 5.32 Å². The Morgan fingerprint density at radius 2 is 1.84 bits per heavy atom. The van der Waals surface area contributed by atoms with Crippen LogP contribution in [0.2, 0.25) is 0 Å². The monoisotopic (exact) mass is 338 g/mol. The summed E-state index contributed by atoms with van der Waals surface area (Å²) in [7, 11) is 1.74. The Bertz CT molecular complexity index is 976. The van der Waals surface area contributed by atoms with Gasteiger partial charge in [0, 0.05) is 30.1 Å². The van der Waals surface area contributed by atoms with Crippen molar-refractivity contribution in [1.82, 2.24) is 15.1 Å². The second-order valence-electron chi connectivity index (χ2n) is 5.40. The Morgan fingerprint density at radius 3 is 2.52 bits per heavy atom. The van der Waals surface area contributed by atoms with Gasteiger partial charge in [-0.3, -0.25) is 24.4 Å². The average Bonchev–Trinajstić information content (AvgIpc) is 2.97. The normalized spacial score (nSPS) is 10.6. The number of para-hydroxylation sites is 1. The van der Waals surface area contributed by atoms with Crippen molar-refractivity contribution in [3.8, 4) is 0 Å². The van der Waals surface area contributed by atoms with Gasteiger partial charge in [0.15, 0.2) is 0 Å². The van der Waals surface area contributed by atoms with E-state index < -0.39 is 10.8 Å². The third-order valence-electron chi connectivity index (χ3n) is 3.77. The maximum Gasteiger partial charge on any atom is 0.269 e. The van der Waals surface area contributed by atoms with Crippen molar-refractivity contribution >= 4 is 28.3 Å². The number of hydrogen-bond acceptors (Lipinski definition) is 5. The summed E-state index contributed by atoms with van der Waals surface area (Å²) in [6.07, 6.45) is 0. The predicted molar refractivity (Wildman–Crippen MR) is 90.5 cm³/mol. The number of nitrogens with zero attached hydrogens (tertiary/aromatic N) is 3. The molecule has 0 unspecified atom stereocenters. The summed E-state index contributed by atoms with van der Waals surface area (Å²) in [6.45, 7) is -0.211. The van der Waals surface area contributed by atoms with Crippen molar-refractivity contribution in [2.75, 3.05) is 6.54 Å². The summed E-state index contributed by atoms with van der Waals surface area (Å²) >= 11 is 0. The van der Waals surface area contributed by atoms with E-state index in [-0.39, 0.29) is 23.6 Å². The minimum atomic E-state index is -0.544. The number of aryl methyl sites for hydroxylation is 1. The molecule has 1 N–H and O–H groups in total. The zero-order chi connectivity index (χ0) is 18.0. The minimum absolute atomic E-state index is 0.104. The van der Waals surface area contributed by atoms with E-state index in [9.17, 15) is 19.7 Å². The van der Waals surface area contributed by atoms with Gasteiger partial charge in [-0.15, -0.1) is 0 Å². The van der Waals surface area contributed by atoms with Gasteiger partial charge in [0.05, 0.1) is 17.0 Å². The number of Topliss-reactive ketones (excluding diaryl/α,β-unsaturated/α-hetero) is 1. The van der Waals surface area contributed by atoms with Crippen molar-refractivity contribution in [2.45, 2.75) is 0 Å². The van der Waals surface area contributed by atoms with E-state index >= 15 is 0 Å². The lowest BCUT2D eigenvalue weighted by molar-refractivity contribution is -0.384. The fourth-order valence-electron chi connectivity index (χ4n) is 2.50. The van der Waals surface area contributed by atoms with E-state index in [1.807, 2.05) is 18.2 Å². The molecule has 3 aromatic rings. The molecular formula is C17H14N4O4. The molecule has 0 radical (unpaired) electrons. The van der Waals surface area contributed by atoms with E-state index in [2.05, 4.69) is 10.4 Å². The topological polar surface area (TPSA) is 107 Å². The van der Waals surface area contributed by atoms with Gasteiger partial charge in [-0.05, 0) is 18.2 Å². The maximum absolute atomic E-state index is 12.4. The molecule has 0 aliphatic rings. The number of carbonyl (C=O) groups is 2. The van der Waals surface area contributed by atoms with Crippen LogP contribution >= 0.6 is 0 Å². The fourth-order valence-corrected chi connectivity index (χ4v) is 2.50. The Kier molecular flexibility index (Phi) is 4.25. The van der Waals surface area contributed by atoms with Gasteiger partial charge >= 0.3 is 0 Å². The zero-order valence-electron chi connectivity index (χ0n) is 13.3. The molecule has 1 amide bonds. The number of ketones is 1. The third kappa shape index (κ3) is 3.23. The summed E-state index contributed by atoms with van der Waals surface area (Å²) in [5, 5.41) is 18.1. The molecule has 0 saturated carbocycles. The Morgan fingerprint density at radius 1 is 1.16 bits per heavy atom. The minimum Gasteiger partial charge on any atom is -0.345 e. The number of rotatable bonds is 5. The lowest BCUT2D eigenvalue weighted by Crippen LogP contribution is -2.29. The number of aromatic nitrogens is 2. The van der Waals surface area contributed by atoms with Gasteiger partial charge < -0.3 is 5.32 Å². The number of nitrogens with one attached hydrogen (secondary N) is 1. The smallest absolute Gasteiger partial charge is 0.269 e. The molecule has 3 rings (SSSR count). The summed E-state index contributed by atoms with van der Waals surface area (Å²) in [6, 6.07) is 12.5. The van der Waals surface area contributed by atoms with Crippen LogP contribution in [0.15, 0.2) is 48.5 Å². The number of hydrogen-bond donors (Lipinski definition) is 1. The average molecular weight is 338 g/mol. The van der Waals surface area contributed by atoms with Crippen LogP contribution in [0.5, 0.6) is 0 Å². The first kappa shape index (κ1) is 16.3. The van der Waals surface area contributed by atoms with Gasteiger partial charge in [0.2, 0.25) is 5.78 Å². The number of nitro benzene ring substituents is 1. The Balaban J connectivity index is 1.71. The van der Waals surface area contributed by atoms with Crippen LogP contribution in [-0.4, -0.2) is 32.9 Å². The first-order valence-electron chi connectivity index (χ1n) is 7.45. The van der Waals surface area contributed by atoms with Gasteiger partial charge in [-0.25, -0.2) is 0 Å². The summed E-state index contributed by atoms with van der Waals surface area (Å²) in [4.78, 5) is 34.5. The summed E-state index contributed by atoms with van der Waals surface area (Å²) < 4.78 is 1.61. The molecule has 126 valence electrons. The van der Waals surface area contributed by atoms with Crippen molar-refractivity contribution in [3.63, 3.8) is 0 Å². The highest BCUT2D eigenvalue weighted by Crippen LogP contribution is 2.17. The standard InChI is InChI=1S/C17H14N4O4/c1-20-14-5-3-2-4-13(14)16(19-20)15(22)10-18-17(23)11-6-8-12(9-7-11)21(24)25/h2-9H,10H2,1H3,(H,18,23). The zero-order valence-corrected chi connectivity index (χ0v) is 13.3. The summed E-state index contributed by atoms with van der Waals surface area (Å²) in [5.74, 6) is -0.796. The fraction of sp³-hybridized carbons (Fsp3) is 0.118. The molecule has 8 heteroatoms. The number of nitro groups is 1. The molecule has 0 saturated heterocycles. The first-order valence-corrected chi connectivity index (χ1v) is 7.45. The van der Waals surface area contributed by atoms with Crippen LogP contribution in [0.3, 0.4) is 0 Å². The van der Waals surface area contributed by atoms with E-state index in [1.165, 1.54) is 24.3 Å². The van der Waals surface area contributed by atoms with Crippen LogP contribution in [-0.2, 0) is 7.05 Å². The van der Waals surface area contributed by atoms with Crippen LogP contribution in [0.1, 0.15) is 20.8 Å². The van der Waals surface area contributed by atoms with E-state index in [1.54, 1.807) is 17.8 Å². The van der Waals surface area contributed by atoms with Crippen LogP contribution in [0.4, 0.5) is 5.69 Å². The Hall–Kier alpha value is -3.55. The highest BCUT2D eigenvalue weighted by molar-refractivity contribution is 6.08. The van der Waals surface area contributed by atoms with Crippen LogP contribution in [0, 0.1) is 10.1 Å². The van der Waals surface area contributed by atoms with Crippen molar-refractivity contribution in [3.05, 3.63) is 69.9 Å². The third-order valence-corrected chi connectivity index (χ3v) is 3.77. The molecule has 0 aliphatic heterocycles. The van der Waals surface area contributed by atoms with Crippen LogP contribution in [0.25, 0.3) is 10.9 Å². The predicted octanol–water partition coefficient (Wildman–Crippen LogP) is 2.09. The largest absolute Gasteiger partial charge is 0.345 e. The molecule has 0 aliphatic carbocycles. The van der Waals surface area contributed by atoms with Gasteiger partial charge in [-0.2, -0.15) is 5.10 Å². The lowest BCUT2D eigenvalue weighted by atomic mass is 10.1. The van der Waals surface area contributed by atoms with Gasteiger partial charge in [-0.1, -0.05) is 18.2 Å². The number of fused-ring (bicyclic) bond motifs is 1. The molecule has 0 spiro atoms. The molecule has 0 bridgehead atoms. The van der Waals surface area contributed by atoms with E-state index in [0.717, 1.165) is 10.9 Å². The van der Waals surface area contributed by atoms with E-state index in [4.69, 9.17) is 0 Å². The number of non-ortho nitro benzene ring substituents is 1. The molecule has 2 aromatic carbocycles. The number of amides is 1. The highest BCUT2D eigenvalue weighted by Gasteiger charge is 2.17. The lowest BCUT2D eigenvalue weighted by Gasteiger charge is -2.03. The molecular weight excluding hydrogens is 324 g/mol. The maximum atomic E-state index is 12.4. The molecule has 1 heterocycles. The second kappa shape index (κ2) is 6.52. The Labute approximate surface area is 142 Å². The van der Waals surface area contributed by atoms with Gasteiger partial charge in [0.1, 0.15) is 5.69 Å².